The molecule has 0 aliphatic rings. The number of thiophene rings is 1. The number of nitrogens with zero attached hydrogens (tertiary/aromatic N) is 3. The molecule has 3 heterocycles. The molecule has 0 spiro atoms. The van der Waals surface area contributed by atoms with Crippen LogP contribution < -0.4 is 4.43 Å². The van der Waals surface area contributed by atoms with Gasteiger partial charge in [-0.1, -0.05) is 51.1 Å². The molecule has 0 aliphatic carbocycles. The highest BCUT2D eigenvalue weighted by Gasteiger charge is 2.39. The van der Waals surface area contributed by atoms with Gasteiger partial charge >= 0.3 is 12.2 Å². The van der Waals surface area contributed by atoms with Gasteiger partial charge in [0.15, 0.2) is 0 Å². The van der Waals surface area contributed by atoms with Crippen LogP contribution in [0.15, 0.2) is 60.7 Å². The molecule has 0 N–H and O–H groups in total. The molecule has 0 radical (unpaired) electrons. The molecular weight excluding hydrogens is 603 g/mol. The molecule has 45 heavy (non-hydrogen) atoms. The summed E-state index contributed by atoms with van der Waals surface area (Å²) in [5.41, 5.74) is 1.78. The smallest absolute Gasteiger partial charge is 0.435 e. The molecule has 0 atom stereocenters. The molecular formula is C35H43N3O5SSi. The van der Waals surface area contributed by atoms with Gasteiger partial charge in [0.25, 0.3) is 0 Å². The molecule has 8 nitrogen and oxygen atoms in total. The zero-order valence-electron chi connectivity index (χ0n) is 28.1. The summed E-state index contributed by atoms with van der Waals surface area (Å²) in [7, 11) is -2.16. The lowest BCUT2D eigenvalue weighted by atomic mass is 10.2. The Hall–Kier alpha value is -3.89. The van der Waals surface area contributed by atoms with Crippen LogP contribution in [0, 0.1) is 0 Å². The largest absolute Gasteiger partial charge is 0.543 e. The van der Waals surface area contributed by atoms with E-state index in [0.717, 1.165) is 20.5 Å². The fourth-order valence-corrected chi connectivity index (χ4v) is 6.79. The third-order valence-electron chi connectivity index (χ3n) is 7.75. The Bertz CT molecular complexity index is 1900. The van der Waals surface area contributed by atoms with E-state index >= 15 is 0 Å². The SMILES string of the molecule is CC(C)(C)OC(=O)n1nc(-c2cc3ccc(O[Si](C)(C)C(C)(C)C)cc3n2C(=O)OC(C)(C)C)c2sc(-c3ccccc3)cc21. The number of aromatic nitrogens is 3. The van der Waals surface area contributed by atoms with Crippen LogP contribution in [0.1, 0.15) is 62.3 Å². The van der Waals surface area contributed by atoms with Gasteiger partial charge in [0, 0.05) is 16.3 Å². The van der Waals surface area contributed by atoms with E-state index in [1.165, 1.54) is 16.0 Å². The summed E-state index contributed by atoms with van der Waals surface area (Å²) in [4.78, 5) is 28.4. The summed E-state index contributed by atoms with van der Waals surface area (Å²) in [6.07, 6.45) is -1.14. The molecule has 0 fully saturated rings. The van der Waals surface area contributed by atoms with Gasteiger partial charge in [-0.3, -0.25) is 0 Å². The second-order valence-corrected chi connectivity index (χ2v) is 20.6. The Morgan fingerprint density at radius 1 is 0.778 bits per heavy atom. The molecule has 5 rings (SSSR count). The zero-order valence-corrected chi connectivity index (χ0v) is 29.9. The highest BCUT2D eigenvalue weighted by Crippen LogP contribution is 2.42. The summed E-state index contributed by atoms with van der Waals surface area (Å²) >= 11 is 1.51. The van der Waals surface area contributed by atoms with E-state index in [1.54, 1.807) is 4.57 Å². The molecule has 0 unspecified atom stereocenters. The van der Waals surface area contributed by atoms with Gasteiger partial charge in [0.1, 0.15) is 22.6 Å². The Morgan fingerprint density at radius 3 is 2.00 bits per heavy atom. The standard InChI is InChI=1S/C35H43N3O5SSi/c1-33(2,3)41-31(39)37-25-20-24(43-45(10,11)35(7,8)9)18-17-23(25)19-26(37)29-30-27(38(36-29)32(40)42-34(4,5)6)21-28(44-30)22-15-13-12-14-16-22/h12-21H,1-11H3. The molecule has 10 heteroatoms. The van der Waals surface area contributed by atoms with E-state index < -0.39 is 31.7 Å². The maximum absolute atomic E-state index is 14.0. The molecule has 0 bridgehead atoms. The average molecular weight is 646 g/mol. The van der Waals surface area contributed by atoms with E-state index in [0.29, 0.717) is 28.2 Å². The lowest BCUT2D eigenvalue weighted by Crippen LogP contribution is -2.43. The molecule has 238 valence electrons. The van der Waals surface area contributed by atoms with E-state index in [1.807, 2.05) is 102 Å². The van der Waals surface area contributed by atoms with Crippen molar-refractivity contribution in [3.8, 4) is 27.6 Å². The highest BCUT2D eigenvalue weighted by atomic mass is 32.1. The van der Waals surface area contributed by atoms with Gasteiger partial charge in [-0.05, 0) is 89.5 Å². The third-order valence-corrected chi connectivity index (χ3v) is 13.3. The summed E-state index contributed by atoms with van der Waals surface area (Å²) < 4.78 is 21.9. The third kappa shape index (κ3) is 6.72. The fraction of sp³-hybridized carbons (Fsp3) is 0.400. The van der Waals surface area contributed by atoms with E-state index in [-0.39, 0.29) is 5.04 Å². The minimum Gasteiger partial charge on any atom is -0.543 e. The van der Waals surface area contributed by atoms with E-state index in [4.69, 9.17) is 19.0 Å². The summed E-state index contributed by atoms with van der Waals surface area (Å²) in [5, 5.41) is 5.60. The topological polar surface area (TPSA) is 84.6 Å². The van der Waals surface area contributed by atoms with Crippen LogP contribution in [0.5, 0.6) is 5.75 Å². The molecule has 3 aromatic heterocycles. The Kier molecular flexibility index (Phi) is 8.07. The number of benzene rings is 2. The first-order chi connectivity index (χ1) is 20.7. The number of ether oxygens (including phenoxy) is 2. The fourth-order valence-electron chi connectivity index (χ4n) is 4.63. The predicted molar refractivity (Wildman–Crippen MR) is 185 cm³/mol. The minimum absolute atomic E-state index is 0.00396. The molecule has 0 amide bonds. The lowest BCUT2D eigenvalue weighted by molar-refractivity contribution is 0.0520. The first kappa shape index (κ1) is 32.5. The molecule has 5 aromatic rings. The monoisotopic (exact) mass is 645 g/mol. The van der Waals surface area contributed by atoms with Crippen LogP contribution in [0.3, 0.4) is 0 Å². The summed E-state index contributed by atoms with van der Waals surface area (Å²) in [6, 6.07) is 19.6. The van der Waals surface area contributed by atoms with Crippen molar-refractivity contribution in [3.05, 3.63) is 60.7 Å². The molecule has 0 aliphatic heterocycles. The van der Waals surface area contributed by atoms with Gasteiger partial charge < -0.3 is 13.9 Å². The first-order valence-corrected chi connectivity index (χ1v) is 18.9. The predicted octanol–water partition coefficient (Wildman–Crippen LogP) is 10.3. The van der Waals surface area contributed by atoms with Gasteiger partial charge in [-0.2, -0.15) is 9.78 Å². The van der Waals surface area contributed by atoms with Gasteiger partial charge in [-0.15, -0.1) is 11.3 Å². The van der Waals surface area contributed by atoms with Crippen molar-refractivity contribution in [3.63, 3.8) is 0 Å². The molecule has 0 saturated heterocycles. The number of hydrogen-bond acceptors (Lipinski definition) is 7. The van der Waals surface area contributed by atoms with Crippen LogP contribution in [-0.2, 0) is 9.47 Å². The van der Waals surface area contributed by atoms with Crippen molar-refractivity contribution >= 4 is 53.0 Å². The van der Waals surface area contributed by atoms with Crippen molar-refractivity contribution in [1.82, 2.24) is 14.3 Å². The number of hydrogen-bond donors (Lipinski definition) is 0. The van der Waals surface area contributed by atoms with E-state index in [2.05, 4.69) is 33.9 Å². The van der Waals surface area contributed by atoms with Gasteiger partial charge in [-0.25, -0.2) is 14.2 Å². The van der Waals surface area contributed by atoms with Crippen molar-refractivity contribution < 1.29 is 23.5 Å². The maximum atomic E-state index is 14.0. The minimum atomic E-state index is -2.16. The van der Waals surface area contributed by atoms with Crippen molar-refractivity contribution in [2.24, 2.45) is 0 Å². The van der Waals surface area contributed by atoms with Crippen molar-refractivity contribution in [2.45, 2.75) is 91.6 Å². The number of carbonyl (C=O) groups excluding carboxylic acids is 2. The van der Waals surface area contributed by atoms with Gasteiger partial charge in [0.2, 0.25) is 8.32 Å². The summed E-state index contributed by atoms with van der Waals surface area (Å²) in [5.74, 6) is 0.690. The normalized spacial score (nSPS) is 13.0. The second-order valence-electron chi connectivity index (χ2n) is 14.9. The van der Waals surface area contributed by atoms with Crippen molar-refractivity contribution in [2.75, 3.05) is 0 Å². The van der Waals surface area contributed by atoms with Crippen LogP contribution >= 0.6 is 11.3 Å². The van der Waals surface area contributed by atoms with Crippen molar-refractivity contribution in [1.29, 1.82) is 0 Å². The molecule has 2 aromatic carbocycles. The molecule has 0 saturated carbocycles. The number of carbonyl (C=O) groups is 2. The number of rotatable bonds is 4. The zero-order chi connectivity index (χ0) is 33.1. The van der Waals surface area contributed by atoms with E-state index in [9.17, 15) is 9.59 Å². The second kappa shape index (κ2) is 11.2. The Morgan fingerprint density at radius 2 is 1.40 bits per heavy atom. The quantitative estimate of drug-likeness (QED) is 0.181. The first-order valence-electron chi connectivity index (χ1n) is 15.1. The Labute approximate surface area is 270 Å². The summed E-state index contributed by atoms with van der Waals surface area (Å²) in [6.45, 7) is 21.9. The van der Waals surface area contributed by atoms with Crippen LogP contribution in [0.2, 0.25) is 18.1 Å². The van der Waals surface area contributed by atoms with Crippen LogP contribution in [0.4, 0.5) is 9.59 Å². The number of fused-ring (bicyclic) bond motifs is 2. The average Bonchev–Trinajstić information content (AvgIpc) is 3.57. The maximum Gasteiger partial charge on any atom is 0.435 e. The lowest BCUT2D eigenvalue weighted by Gasteiger charge is -2.36. The van der Waals surface area contributed by atoms with Gasteiger partial charge in [0.05, 0.1) is 21.4 Å². The van der Waals surface area contributed by atoms with Crippen LogP contribution in [-0.4, -0.2) is 46.1 Å². The Balaban J connectivity index is 1.76. The van der Waals surface area contributed by atoms with Crippen LogP contribution in [0.25, 0.3) is 42.9 Å². The highest BCUT2D eigenvalue weighted by molar-refractivity contribution is 7.22.